The molecule has 2 aromatic rings. The van der Waals surface area contributed by atoms with Crippen molar-refractivity contribution < 1.29 is 14.3 Å². The molecule has 0 unspecified atom stereocenters. The minimum atomic E-state index is -0.367. The first kappa shape index (κ1) is 20.4. The van der Waals surface area contributed by atoms with Gasteiger partial charge in [-0.25, -0.2) is 4.79 Å². The summed E-state index contributed by atoms with van der Waals surface area (Å²) in [6.07, 6.45) is 8.71. The zero-order chi connectivity index (χ0) is 20.4. The Morgan fingerprint density at radius 1 is 1.21 bits per heavy atom. The number of aryl methyl sites for hydroxylation is 1. The van der Waals surface area contributed by atoms with Crippen LogP contribution in [0.2, 0.25) is 0 Å². The van der Waals surface area contributed by atoms with Crippen molar-refractivity contribution in [2.45, 2.75) is 62.4 Å². The van der Waals surface area contributed by atoms with Crippen LogP contribution in [0.4, 0.5) is 5.00 Å². The Bertz CT molecular complexity index is 917. The highest BCUT2D eigenvalue weighted by Crippen LogP contribution is 2.40. The highest BCUT2D eigenvalue weighted by Gasteiger charge is 2.30. The average Bonchev–Trinajstić information content (AvgIpc) is 3.39. The number of nitrogens with one attached hydrogen (secondary N) is 1. The summed E-state index contributed by atoms with van der Waals surface area (Å²) in [5.74, 6) is 1.22. The number of esters is 1. The van der Waals surface area contributed by atoms with Gasteiger partial charge in [-0.3, -0.25) is 4.79 Å². The van der Waals surface area contributed by atoms with Crippen LogP contribution in [0.5, 0.6) is 0 Å². The second-order valence-electron chi connectivity index (χ2n) is 7.62. The fourth-order valence-electron chi connectivity index (χ4n) is 3.77. The molecule has 0 radical (unpaired) electrons. The molecule has 2 aliphatic carbocycles. The number of thioether (sulfide) groups is 1. The molecule has 0 atom stereocenters. The molecule has 2 aliphatic rings. The number of ether oxygens (including phenoxy) is 1. The largest absolute Gasteiger partial charge is 0.465 e. The molecule has 0 spiro atoms. The van der Waals surface area contributed by atoms with Gasteiger partial charge < -0.3 is 14.6 Å². The van der Waals surface area contributed by atoms with E-state index in [4.69, 9.17) is 4.74 Å². The van der Waals surface area contributed by atoms with Crippen molar-refractivity contribution in [2.24, 2.45) is 7.05 Å². The van der Waals surface area contributed by atoms with Gasteiger partial charge in [0, 0.05) is 17.8 Å². The topological polar surface area (TPSA) is 86.1 Å². The van der Waals surface area contributed by atoms with Crippen LogP contribution in [0.25, 0.3) is 0 Å². The third-order valence-corrected chi connectivity index (χ3v) is 7.68. The first-order valence-corrected chi connectivity index (χ1v) is 11.9. The number of carbonyl (C=O) groups excluding carboxylic acids is 2. The van der Waals surface area contributed by atoms with E-state index in [-0.39, 0.29) is 17.6 Å². The number of aromatic nitrogens is 3. The van der Waals surface area contributed by atoms with Gasteiger partial charge in [0.2, 0.25) is 5.91 Å². The molecule has 0 saturated heterocycles. The summed E-state index contributed by atoms with van der Waals surface area (Å²) >= 11 is 2.89. The number of methoxy groups -OCH3 is 1. The van der Waals surface area contributed by atoms with Crippen molar-refractivity contribution in [3.8, 4) is 0 Å². The second-order valence-corrected chi connectivity index (χ2v) is 9.67. The van der Waals surface area contributed by atoms with E-state index in [1.165, 1.54) is 47.9 Å². The maximum absolute atomic E-state index is 12.6. The van der Waals surface area contributed by atoms with E-state index in [1.807, 2.05) is 11.6 Å². The Labute approximate surface area is 178 Å². The van der Waals surface area contributed by atoms with Crippen molar-refractivity contribution >= 4 is 40.0 Å². The standard InChI is InChI=1S/C20H26N4O3S2/c1-24-17(12-9-10-12)22-23-20(24)28-11-15(25)21-18-16(19(26)27-2)13-7-5-3-4-6-8-14(13)29-18/h12H,3-11H2,1-2H3,(H,21,25). The molecule has 9 heteroatoms. The first-order valence-electron chi connectivity index (χ1n) is 10.1. The molecule has 2 heterocycles. The van der Waals surface area contributed by atoms with Gasteiger partial charge >= 0.3 is 5.97 Å². The highest BCUT2D eigenvalue weighted by atomic mass is 32.2. The van der Waals surface area contributed by atoms with Crippen LogP contribution in [-0.2, 0) is 29.4 Å². The Hall–Kier alpha value is -1.87. The van der Waals surface area contributed by atoms with Crippen molar-refractivity contribution in [3.63, 3.8) is 0 Å². The molecule has 7 nitrogen and oxygen atoms in total. The second kappa shape index (κ2) is 8.87. The number of carbonyl (C=O) groups is 2. The predicted octanol–water partition coefficient (Wildman–Crippen LogP) is 3.93. The van der Waals surface area contributed by atoms with E-state index in [9.17, 15) is 9.59 Å². The number of fused-ring (bicyclic) bond motifs is 1. The SMILES string of the molecule is COC(=O)c1c(NC(=O)CSc2nnc(C3CC3)n2C)sc2c1CCCCCC2. The number of anilines is 1. The van der Waals surface area contributed by atoms with Gasteiger partial charge in [-0.2, -0.15) is 0 Å². The van der Waals surface area contributed by atoms with Crippen LogP contribution in [0.3, 0.4) is 0 Å². The summed E-state index contributed by atoms with van der Waals surface area (Å²) in [5.41, 5.74) is 1.61. The lowest BCUT2D eigenvalue weighted by atomic mass is 9.96. The Kier molecular flexibility index (Phi) is 6.24. The smallest absolute Gasteiger partial charge is 0.341 e. The molecule has 0 bridgehead atoms. The predicted molar refractivity (Wildman–Crippen MR) is 114 cm³/mol. The normalized spacial score (nSPS) is 16.6. The van der Waals surface area contributed by atoms with E-state index in [0.29, 0.717) is 16.5 Å². The van der Waals surface area contributed by atoms with Crippen LogP contribution in [0.1, 0.15) is 71.1 Å². The van der Waals surface area contributed by atoms with E-state index in [2.05, 4.69) is 15.5 Å². The van der Waals surface area contributed by atoms with Crippen molar-refractivity contribution in [1.29, 1.82) is 0 Å². The zero-order valence-corrected chi connectivity index (χ0v) is 18.5. The highest BCUT2D eigenvalue weighted by molar-refractivity contribution is 7.99. The van der Waals surface area contributed by atoms with E-state index in [1.54, 1.807) is 0 Å². The molecule has 1 N–H and O–H groups in total. The monoisotopic (exact) mass is 434 g/mol. The minimum Gasteiger partial charge on any atom is -0.465 e. The molecule has 2 aromatic heterocycles. The lowest BCUT2D eigenvalue weighted by Gasteiger charge is -2.11. The summed E-state index contributed by atoms with van der Waals surface area (Å²) in [6, 6.07) is 0. The molecule has 1 saturated carbocycles. The third kappa shape index (κ3) is 4.50. The Balaban J connectivity index is 1.47. The lowest BCUT2D eigenvalue weighted by Crippen LogP contribution is -2.16. The molecule has 1 fully saturated rings. The Morgan fingerprint density at radius 2 is 1.97 bits per heavy atom. The molecule has 0 aliphatic heterocycles. The quantitative estimate of drug-likeness (QED) is 0.548. The minimum absolute atomic E-state index is 0.148. The molecular formula is C20H26N4O3S2. The molecule has 156 valence electrons. The third-order valence-electron chi connectivity index (χ3n) is 5.46. The summed E-state index contributed by atoms with van der Waals surface area (Å²) in [5, 5.41) is 12.8. The number of amides is 1. The van der Waals surface area contributed by atoms with Gasteiger partial charge in [-0.05, 0) is 44.1 Å². The number of rotatable bonds is 6. The van der Waals surface area contributed by atoms with Crippen LogP contribution in [-0.4, -0.2) is 39.5 Å². The maximum Gasteiger partial charge on any atom is 0.341 e. The molecule has 0 aromatic carbocycles. The van der Waals surface area contributed by atoms with Gasteiger partial charge in [0.15, 0.2) is 5.16 Å². The van der Waals surface area contributed by atoms with Crippen molar-refractivity contribution in [1.82, 2.24) is 14.8 Å². The van der Waals surface area contributed by atoms with Crippen LogP contribution in [0, 0.1) is 0 Å². The molecule has 4 rings (SSSR count). The van der Waals surface area contributed by atoms with Crippen LogP contribution < -0.4 is 5.32 Å². The average molecular weight is 435 g/mol. The van der Waals surface area contributed by atoms with Crippen LogP contribution in [0.15, 0.2) is 5.16 Å². The van der Waals surface area contributed by atoms with E-state index >= 15 is 0 Å². The fourth-order valence-corrected chi connectivity index (χ4v) is 5.78. The zero-order valence-electron chi connectivity index (χ0n) is 16.8. The number of hydrogen-bond acceptors (Lipinski definition) is 7. The number of nitrogens with zero attached hydrogens (tertiary/aromatic N) is 3. The maximum atomic E-state index is 12.6. The number of hydrogen-bond donors (Lipinski definition) is 1. The van der Waals surface area contributed by atoms with Gasteiger partial charge in [-0.1, -0.05) is 24.6 Å². The summed E-state index contributed by atoms with van der Waals surface area (Å²) in [7, 11) is 3.34. The van der Waals surface area contributed by atoms with E-state index in [0.717, 1.165) is 55.1 Å². The molecular weight excluding hydrogens is 408 g/mol. The van der Waals surface area contributed by atoms with Crippen molar-refractivity contribution in [3.05, 3.63) is 21.8 Å². The van der Waals surface area contributed by atoms with Gasteiger partial charge in [0.25, 0.3) is 0 Å². The summed E-state index contributed by atoms with van der Waals surface area (Å²) < 4.78 is 7.00. The summed E-state index contributed by atoms with van der Waals surface area (Å²) in [6.45, 7) is 0. The van der Waals surface area contributed by atoms with Crippen LogP contribution >= 0.6 is 23.1 Å². The molecule has 1 amide bonds. The van der Waals surface area contributed by atoms with Gasteiger partial charge in [-0.15, -0.1) is 21.5 Å². The van der Waals surface area contributed by atoms with Gasteiger partial charge in [0.1, 0.15) is 10.8 Å². The number of thiophene rings is 1. The lowest BCUT2D eigenvalue weighted by molar-refractivity contribution is -0.113. The summed E-state index contributed by atoms with van der Waals surface area (Å²) in [4.78, 5) is 26.3. The Morgan fingerprint density at radius 3 is 2.69 bits per heavy atom. The van der Waals surface area contributed by atoms with E-state index < -0.39 is 0 Å². The first-order chi connectivity index (χ1) is 14.1. The van der Waals surface area contributed by atoms with Crippen molar-refractivity contribution in [2.75, 3.05) is 18.2 Å². The molecule has 29 heavy (non-hydrogen) atoms. The fraction of sp³-hybridized carbons (Fsp3) is 0.600. The van der Waals surface area contributed by atoms with Gasteiger partial charge in [0.05, 0.1) is 18.4 Å².